The van der Waals surface area contributed by atoms with Crippen molar-refractivity contribution in [2.24, 2.45) is 0 Å². The summed E-state index contributed by atoms with van der Waals surface area (Å²) >= 11 is 0. The monoisotopic (exact) mass is 365 g/mol. The number of amides is 2. The Morgan fingerprint density at radius 2 is 1.69 bits per heavy atom. The van der Waals surface area contributed by atoms with Crippen LogP contribution in [0.3, 0.4) is 0 Å². The number of nitrogens with one attached hydrogen (secondary N) is 1. The Morgan fingerprint density at radius 3 is 2.42 bits per heavy atom. The Balaban J connectivity index is 1.78. The molecule has 3 rings (SSSR count). The maximum absolute atomic E-state index is 13.7. The number of pyridine rings is 1. The van der Waals surface area contributed by atoms with Gasteiger partial charge >= 0.3 is 0 Å². The number of morpholine rings is 1. The summed E-state index contributed by atoms with van der Waals surface area (Å²) in [6.45, 7) is 1.66. The number of anilines is 1. The lowest BCUT2D eigenvalue weighted by molar-refractivity contribution is 0.0299. The second-order valence-corrected chi connectivity index (χ2v) is 5.49. The highest BCUT2D eigenvalue weighted by Gasteiger charge is 2.21. The fourth-order valence-corrected chi connectivity index (χ4v) is 2.42. The van der Waals surface area contributed by atoms with Crippen molar-refractivity contribution in [3.8, 4) is 0 Å². The van der Waals surface area contributed by atoms with Crippen LogP contribution in [0, 0.1) is 17.5 Å². The lowest BCUT2D eigenvalue weighted by Gasteiger charge is -2.26. The first-order chi connectivity index (χ1) is 12.5. The van der Waals surface area contributed by atoms with Gasteiger partial charge in [-0.2, -0.15) is 0 Å². The van der Waals surface area contributed by atoms with Crippen molar-refractivity contribution in [3.63, 3.8) is 0 Å². The van der Waals surface area contributed by atoms with Gasteiger partial charge in [0.25, 0.3) is 11.8 Å². The summed E-state index contributed by atoms with van der Waals surface area (Å²) < 4.78 is 45.0. The van der Waals surface area contributed by atoms with Crippen LogP contribution in [-0.4, -0.2) is 48.0 Å². The van der Waals surface area contributed by atoms with Crippen LogP contribution in [0.25, 0.3) is 0 Å². The van der Waals surface area contributed by atoms with E-state index in [-0.39, 0.29) is 17.3 Å². The first-order valence-corrected chi connectivity index (χ1v) is 7.76. The molecule has 0 saturated carbocycles. The molecular weight excluding hydrogens is 351 g/mol. The van der Waals surface area contributed by atoms with Gasteiger partial charge < -0.3 is 15.0 Å². The SMILES string of the molecule is O=C(Nc1ccc(F)c(F)c1F)c1cccc(C(=O)N2CCOCC2)n1. The average Bonchev–Trinajstić information content (AvgIpc) is 2.68. The molecule has 1 saturated heterocycles. The number of carbonyl (C=O) groups is 2. The van der Waals surface area contributed by atoms with Crippen LogP contribution >= 0.6 is 0 Å². The molecule has 0 bridgehead atoms. The van der Waals surface area contributed by atoms with Crippen LogP contribution < -0.4 is 5.32 Å². The van der Waals surface area contributed by atoms with Gasteiger partial charge in [-0.15, -0.1) is 0 Å². The smallest absolute Gasteiger partial charge is 0.274 e. The van der Waals surface area contributed by atoms with E-state index < -0.39 is 29.0 Å². The van der Waals surface area contributed by atoms with Crippen LogP contribution in [-0.2, 0) is 4.74 Å². The Morgan fingerprint density at radius 1 is 1.00 bits per heavy atom. The molecule has 1 aliphatic heterocycles. The maximum atomic E-state index is 13.7. The predicted molar refractivity (Wildman–Crippen MR) is 85.2 cm³/mol. The van der Waals surface area contributed by atoms with E-state index in [0.717, 1.165) is 6.07 Å². The molecule has 1 aromatic heterocycles. The topological polar surface area (TPSA) is 71.5 Å². The lowest BCUT2D eigenvalue weighted by atomic mass is 10.2. The number of carbonyl (C=O) groups excluding carboxylic acids is 2. The summed E-state index contributed by atoms with van der Waals surface area (Å²) in [5.74, 6) is -5.78. The van der Waals surface area contributed by atoms with Crippen molar-refractivity contribution in [3.05, 3.63) is 59.2 Å². The molecule has 26 heavy (non-hydrogen) atoms. The molecule has 136 valence electrons. The van der Waals surface area contributed by atoms with Gasteiger partial charge in [-0.1, -0.05) is 6.07 Å². The molecule has 0 unspecified atom stereocenters. The number of rotatable bonds is 3. The van der Waals surface area contributed by atoms with Gasteiger partial charge in [0.05, 0.1) is 18.9 Å². The summed E-state index contributed by atoms with van der Waals surface area (Å²) in [5, 5.41) is 2.11. The first-order valence-electron chi connectivity index (χ1n) is 7.76. The Bertz CT molecular complexity index is 854. The van der Waals surface area contributed by atoms with E-state index in [0.29, 0.717) is 32.4 Å². The Labute approximate surface area is 146 Å². The van der Waals surface area contributed by atoms with Gasteiger partial charge in [0.1, 0.15) is 11.4 Å². The zero-order chi connectivity index (χ0) is 18.7. The summed E-state index contributed by atoms with van der Waals surface area (Å²) in [6, 6.07) is 5.82. The molecule has 1 N–H and O–H groups in total. The number of hydrogen-bond donors (Lipinski definition) is 1. The Hall–Kier alpha value is -2.94. The van der Waals surface area contributed by atoms with Crippen LogP contribution in [0.5, 0.6) is 0 Å². The fraction of sp³-hybridized carbons (Fsp3) is 0.235. The van der Waals surface area contributed by atoms with Crippen molar-refractivity contribution in [2.45, 2.75) is 0 Å². The van der Waals surface area contributed by atoms with Crippen molar-refractivity contribution in [2.75, 3.05) is 31.6 Å². The third-order valence-electron chi connectivity index (χ3n) is 3.78. The number of ether oxygens (including phenoxy) is 1. The molecule has 2 heterocycles. The fourth-order valence-electron chi connectivity index (χ4n) is 2.42. The van der Waals surface area contributed by atoms with Crippen LogP contribution in [0.2, 0.25) is 0 Å². The van der Waals surface area contributed by atoms with E-state index in [1.54, 1.807) is 4.90 Å². The predicted octanol–water partition coefficient (Wildman–Crippen LogP) is 2.22. The summed E-state index contributed by atoms with van der Waals surface area (Å²) in [7, 11) is 0. The first kappa shape index (κ1) is 17.9. The highest BCUT2D eigenvalue weighted by atomic mass is 19.2. The summed E-state index contributed by atoms with van der Waals surface area (Å²) in [4.78, 5) is 30.1. The molecule has 2 aromatic rings. The standard InChI is InChI=1S/C17H14F3N3O3/c18-10-4-5-11(15(20)14(10)19)22-16(24)12-2-1-3-13(21-12)17(25)23-6-8-26-9-7-23/h1-5H,6-9H2,(H,22,24). The zero-order valence-corrected chi connectivity index (χ0v) is 13.5. The minimum Gasteiger partial charge on any atom is -0.378 e. The number of nitrogens with zero attached hydrogens (tertiary/aromatic N) is 2. The zero-order valence-electron chi connectivity index (χ0n) is 13.5. The van der Waals surface area contributed by atoms with E-state index in [1.807, 2.05) is 0 Å². The van der Waals surface area contributed by atoms with E-state index in [4.69, 9.17) is 4.74 Å². The van der Waals surface area contributed by atoms with Gasteiger partial charge in [0.2, 0.25) is 0 Å². The molecule has 1 fully saturated rings. The molecule has 0 atom stereocenters. The van der Waals surface area contributed by atoms with Gasteiger partial charge in [-0.25, -0.2) is 18.2 Å². The second-order valence-electron chi connectivity index (χ2n) is 5.49. The maximum Gasteiger partial charge on any atom is 0.274 e. The molecule has 6 nitrogen and oxygen atoms in total. The molecule has 0 radical (unpaired) electrons. The molecule has 1 aliphatic rings. The van der Waals surface area contributed by atoms with Crippen LogP contribution in [0.4, 0.5) is 18.9 Å². The van der Waals surface area contributed by atoms with Crippen molar-refractivity contribution >= 4 is 17.5 Å². The quantitative estimate of drug-likeness (QED) is 0.847. The minimum absolute atomic E-state index is 0.0466. The van der Waals surface area contributed by atoms with Crippen LogP contribution in [0.1, 0.15) is 21.0 Å². The van der Waals surface area contributed by atoms with Crippen molar-refractivity contribution in [1.29, 1.82) is 0 Å². The molecular formula is C17H14F3N3O3. The van der Waals surface area contributed by atoms with Gasteiger partial charge in [0, 0.05) is 13.1 Å². The number of aromatic nitrogens is 1. The number of hydrogen-bond acceptors (Lipinski definition) is 4. The van der Waals surface area contributed by atoms with E-state index in [9.17, 15) is 22.8 Å². The number of halogens is 3. The van der Waals surface area contributed by atoms with Gasteiger partial charge in [0.15, 0.2) is 17.5 Å². The van der Waals surface area contributed by atoms with Gasteiger partial charge in [-0.3, -0.25) is 9.59 Å². The summed E-state index contributed by atoms with van der Waals surface area (Å²) in [5.41, 5.74) is -0.640. The van der Waals surface area contributed by atoms with Crippen LogP contribution in [0.15, 0.2) is 30.3 Å². The average molecular weight is 365 g/mol. The third kappa shape index (κ3) is 3.67. The Kier molecular flexibility index (Phi) is 5.17. The van der Waals surface area contributed by atoms with Crippen molar-refractivity contribution in [1.82, 2.24) is 9.88 Å². The molecule has 2 amide bonds. The third-order valence-corrected chi connectivity index (χ3v) is 3.78. The normalized spacial score (nSPS) is 14.2. The molecule has 9 heteroatoms. The lowest BCUT2D eigenvalue weighted by Crippen LogP contribution is -2.41. The van der Waals surface area contributed by atoms with Crippen molar-refractivity contribution < 1.29 is 27.5 Å². The van der Waals surface area contributed by atoms with E-state index >= 15 is 0 Å². The highest BCUT2D eigenvalue weighted by Crippen LogP contribution is 2.20. The molecule has 0 aliphatic carbocycles. The molecule has 0 spiro atoms. The highest BCUT2D eigenvalue weighted by molar-refractivity contribution is 6.03. The number of benzene rings is 1. The molecule has 1 aromatic carbocycles. The van der Waals surface area contributed by atoms with E-state index in [2.05, 4.69) is 10.3 Å². The van der Waals surface area contributed by atoms with Gasteiger partial charge in [-0.05, 0) is 24.3 Å². The minimum atomic E-state index is -1.69. The summed E-state index contributed by atoms with van der Waals surface area (Å²) in [6.07, 6.45) is 0. The second kappa shape index (κ2) is 7.52. The largest absolute Gasteiger partial charge is 0.378 e. The van der Waals surface area contributed by atoms with E-state index in [1.165, 1.54) is 18.2 Å².